The van der Waals surface area contributed by atoms with E-state index in [1.165, 1.54) is 12.1 Å². The fraction of sp³-hybridized carbons (Fsp3) is 0.364. The molecule has 0 fully saturated rings. The SMILES string of the molecule is N#CCC(O)CCOc1ccc(F)cc1Cl. The third-order valence-corrected chi connectivity index (χ3v) is 2.22. The lowest BCUT2D eigenvalue weighted by atomic mass is 10.2. The number of aliphatic hydroxyl groups excluding tert-OH is 1. The standard InChI is InChI=1S/C11H11ClFNO2/c12-10-7-8(13)1-2-11(10)16-6-4-9(15)3-5-14/h1-2,7,9,15H,3-4,6H2. The second-order valence-electron chi connectivity index (χ2n) is 3.23. The second kappa shape index (κ2) is 6.31. The molecule has 0 bridgehead atoms. The van der Waals surface area contributed by atoms with Crippen molar-refractivity contribution in [1.29, 1.82) is 5.26 Å². The van der Waals surface area contributed by atoms with Crippen LogP contribution in [0.4, 0.5) is 4.39 Å². The summed E-state index contributed by atoms with van der Waals surface area (Å²) in [4.78, 5) is 0. The van der Waals surface area contributed by atoms with Crippen molar-refractivity contribution in [3.63, 3.8) is 0 Å². The molecule has 0 aliphatic carbocycles. The number of ether oxygens (including phenoxy) is 1. The van der Waals surface area contributed by atoms with Crippen molar-refractivity contribution < 1.29 is 14.2 Å². The molecule has 0 aliphatic heterocycles. The number of halogens is 2. The Morgan fingerprint density at radius 2 is 2.31 bits per heavy atom. The van der Waals surface area contributed by atoms with Crippen molar-refractivity contribution in [2.24, 2.45) is 0 Å². The van der Waals surface area contributed by atoms with Crippen molar-refractivity contribution >= 4 is 11.6 Å². The van der Waals surface area contributed by atoms with Gasteiger partial charge in [-0.2, -0.15) is 5.26 Å². The van der Waals surface area contributed by atoms with E-state index in [4.69, 9.17) is 21.6 Å². The lowest BCUT2D eigenvalue weighted by Crippen LogP contribution is -2.11. The molecule has 1 N–H and O–H groups in total. The van der Waals surface area contributed by atoms with Gasteiger partial charge in [0, 0.05) is 6.42 Å². The predicted octanol–water partition coefficient (Wildman–Crippen LogP) is 2.52. The van der Waals surface area contributed by atoms with Gasteiger partial charge in [-0.1, -0.05) is 11.6 Å². The molecular weight excluding hydrogens is 233 g/mol. The Balaban J connectivity index is 2.41. The highest BCUT2D eigenvalue weighted by Crippen LogP contribution is 2.24. The predicted molar refractivity (Wildman–Crippen MR) is 57.8 cm³/mol. The van der Waals surface area contributed by atoms with Gasteiger partial charge in [0.1, 0.15) is 11.6 Å². The summed E-state index contributed by atoms with van der Waals surface area (Å²) in [5, 5.41) is 17.7. The first-order chi connectivity index (χ1) is 7.63. The van der Waals surface area contributed by atoms with Gasteiger partial charge >= 0.3 is 0 Å². The average Bonchev–Trinajstić information content (AvgIpc) is 2.22. The quantitative estimate of drug-likeness (QED) is 0.865. The highest BCUT2D eigenvalue weighted by molar-refractivity contribution is 6.32. The van der Waals surface area contributed by atoms with E-state index < -0.39 is 11.9 Å². The van der Waals surface area contributed by atoms with Crippen LogP contribution in [0, 0.1) is 17.1 Å². The smallest absolute Gasteiger partial charge is 0.138 e. The Morgan fingerprint density at radius 3 is 2.94 bits per heavy atom. The number of hydrogen-bond donors (Lipinski definition) is 1. The topological polar surface area (TPSA) is 53.2 Å². The Bertz CT molecular complexity index is 392. The van der Waals surface area contributed by atoms with Gasteiger partial charge < -0.3 is 9.84 Å². The van der Waals surface area contributed by atoms with Crippen LogP contribution in [-0.2, 0) is 0 Å². The van der Waals surface area contributed by atoms with Crippen molar-refractivity contribution in [1.82, 2.24) is 0 Å². The molecule has 1 aromatic rings. The first kappa shape index (κ1) is 12.8. The maximum Gasteiger partial charge on any atom is 0.138 e. The molecule has 0 spiro atoms. The Morgan fingerprint density at radius 1 is 1.56 bits per heavy atom. The monoisotopic (exact) mass is 243 g/mol. The Labute approximate surface area is 98.0 Å². The number of nitrogens with zero attached hydrogens (tertiary/aromatic N) is 1. The van der Waals surface area contributed by atoms with Crippen LogP contribution < -0.4 is 4.74 Å². The molecule has 86 valence electrons. The third kappa shape index (κ3) is 4.05. The van der Waals surface area contributed by atoms with Gasteiger partial charge in [-0.25, -0.2) is 4.39 Å². The molecule has 5 heteroatoms. The Kier molecular flexibility index (Phi) is 5.03. The van der Waals surface area contributed by atoms with Crippen molar-refractivity contribution in [3.8, 4) is 11.8 Å². The lowest BCUT2D eigenvalue weighted by molar-refractivity contribution is 0.143. The summed E-state index contributed by atoms with van der Waals surface area (Å²) in [5.41, 5.74) is 0. The van der Waals surface area contributed by atoms with Crippen LogP contribution in [0.3, 0.4) is 0 Å². The number of rotatable bonds is 5. The van der Waals surface area contributed by atoms with E-state index in [2.05, 4.69) is 0 Å². The van der Waals surface area contributed by atoms with Crippen molar-refractivity contribution in [3.05, 3.63) is 29.0 Å². The third-order valence-electron chi connectivity index (χ3n) is 1.93. The minimum absolute atomic E-state index is 0.0700. The van der Waals surface area contributed by atoms with Gasteiger partial charge in [-0.15, -0.1) is 0 Å². The molecule has 0 saturated carbocycles. The first-order valence-electron chi connectivity index (χ1n) is 4.76. The number of benzene rings is 1. The van der Waals surface area contributed by atoms with Crippen LogP contribution in [0.1, 0.15) is 12.8 Å². The van der Waals surface area contributed by atoms with E-state index in [9.17, 15) is 9.50 Å². The maximum atomic E-state index is 12.7. The fourth-order valence-electron chi connectivity index (χ4n) is 1.10. The maximum absolute atomic E-state index is 12.7. The molecule has 1 aromatic carbocycles. The summed E-state index contributed by atoms with van der Waals surface area (Å²) in [6, 6.07) is 5.68. The van der Waals surface area contributed by atoms with Gasteiger partial charge in [-0.05, 0) is 18.2 Å². The molecule has 0 aromatic heterocycles. The van der Waals surface area contributed by atoms with E-state index in [1.807, 2.05) is 6.07 Å². The zero-order valence-corrected chi connectivity index (χ0v) is 9.25. The van der Waals surface area contributed by atoms with Crippen LogP contribution in [0.5, 0.6) is 5.75 Å². The average molecular weight is 244 g/mol. The number of aliphatic hydroxyl groups is 1. The van der Waals surface area contributed by atoms with E-state index >= 15 is 0 Å². The molecule has 16 heavy (non-hydrogen) atoms. The fourth-order valence-corrected chi connectivity index (χ4v) is 1.33. The van der Waals surface area contributed by atoms with Crippen LogP contribution in [0.2, 0.25) is 5.02 Å². The molecular formula is C11H11ClFNO2. The van der Waals surface area contributed by atoms with E-state index in [0.29, 0.717) is 12.2 Å². The molecule has 1 atom stereocenters. The van der Waals surface area contributed by atoms with Gasteiger partial charge in [0.05, 0.1) is 30.2 Å². The summed E-state index contributed by atoms with van der Waals surface area (Å²) >= 11 is 5.73. The molecule has 1 unspecified atom stereocenters. The number of hydrogen-bond acceptors (Lipinski definition) is 3. The molecule has 1 rings (SSSR count). The van der Waals surface area contributed by atoms with Gasteiger partial charge in [-0.3, -0.25) is 0 Å². The van der Waals surface area contributed by atoms with Gasteiger partial charge in [0.25, 0.3) is 0 Å². The molecule has 0 heterocycles. The molecule has 3 nitrogen and oxygen atoms in total. The molecule has 0 radical (unpaired) electrons. The Hall–Kier alpha value is -1.31. The van der Waals surface area contributed by atoms with Crippen LogP contribution in [0.25, 0.3) is 0 Å². The molecule has 0 aliphatic rings. The zero-order valence-electron chi connectivity index (χ0n) is 8.49. The van der Waals surface area contributed by atoms with Crippen molar-refractivity contribution in [2.75, 3.05) is 6.61 Å². The minimum Gasteiger partial charge on any atom is -0.492 e. The van der Waals surface area contributed by atoms with Gasteiger partial charge in [0.2, 0.25) is 0 Å². The number of nitriles is 1. The van der Waals surface area contributed by atoms with Crippen LogP contribution in [-0.4, -0.2) is 17.8 Å². The van der Waals surface area contributed by atoms with Crippen molar-refractivity contribution in [2.45, 2.75) is 18.9 Å². The van der Waals surface area contributed by atoms with E-state index in [0.717, 1.165) is 6.07 Å². The van der Waals surface area contributed by atoms with E-state index in [1.54, 1.807) is 0 Å². The summed E-state index contributed by atoms with van der Waals surface area (Å²) in [6.07, 6.45) is -0.300. The minimum atomic E-state index is -0.704. The zero-order chi connectivity index (χ0) is 12.0. The van der Waals surface area contributed by atoms with Crippen LogP contribution in [0.15, 0.2) is 18.2 Å². The highest BCUT2D eigenvalue weighted by Gasteiger charge is 2.06. The molecule has 0 amide bonds. The van der Waals surface area contributed by atoms with E-state index in [-0.39, 0.29) is 18.1 Å². The summed E-state index contributed by atoms with van der Waals surface area (Å²) in [6.45, 7) is 0.230. The summed E-state index contributed by atoms with van der Waals surface area (Å²) in [7, 11) is 0. The largest absolute Gasteiger partial charge is 0.492 e. The van der Waals surface area contributed by atoms with Crippen LogP contribution >= 0.6 is 11.6 Å². The summed E-state index contributed by atoms with van der Waals surface area (Å²) in [5.74, 6) is -0.0610. The highest BCUT2D eigenvalue weighted by atomic mass is 35.5. The lowest BCUT2D eigenvalue weighted by Gasteiger charge is -2.09. The normalized spacial score (nSPS) is 11.9. The van der Waals surface area contributed by atoms with Gasteiger partial charge in [0.15, 0.2) is 0 Å². The summed E-state index contributed by atoms with van der Waals surface area (Å²) < 4.78 is 17.9. The first-order valence-corrected chi connectivity index (χ1v) is 5.14. The molecule has 0 saturated heterocycles. The second-order valence-corrected chi connectivity index (χ2v) is 3.64.